The zero-order valence-electron chi connectivity index (χ0n) is 16.4. The number of phenols is 1. The van der Waals surface area contributed by atoms with E-state index in [2.05, 4.69) is 4.98 Å². The molecule has 0 unspecified atom stereocenters. The lowest BCUT2D eigenvalue weighted by molar-refractivity contribution is -0.404. The molecule has 1 N–H and O–H groups in total. The van der Waals surface area contributed by atoms with Crippen molar-refractivity contribution in [2.24, 2.45) is 0 Å². The van der Waals surface area contributed by atoms with Crippen molar-refractivity contribution in [1.82, 2.24) is 4.98 Å². The van der Waals surface area contributed by atoms with Crippen molar-refractivity contribution in [3.63, 3.8) is 0 Å². The van der Waals surface area contributed by atoms with Gasteiger partial charge in [0, 0.05) is 12.3 Å². The van der Waals surface area contributed by atoms with Crippen LogP contribution in [0.15, 0.2) is 60.8 Å². The molecule has 3 aromatic rings. The van der Waals surface area contributed by atoms with Crippen LogP contribution in [0, 0.1) is 40.5 Å². The maximum Gasteiger partial charge on any atom is 0.324 e. The van der Waals surface area contributed by atoms with E-state index in [1.807, 2.05) is 18.2 Å². The number of pyridine rings is 1. The summed E-state index contributed by atoms with van der Waals surface area (Å²) in [5, 5.41) is 51.0. The molecule has 0 aliphatic carbocycles. The van der Waals surface area contributed by atoms with E-state index in [9.17, 15) is 40.5 Å². The largest absolute Gasteiger partial charge is 0.497 e. The molecule has 0 radical (unpaired) electrons. The van der Waals surface area contributed by atoms with Crippen LogP contribution in [0.1, 0.15) is 11.3 Å². The normalized spacial score (nSPS) is 10.2. The number of para-hydroxylation sites is 1. The number of hydrogen-bond acceptors (Lipinski definition) is 10. The Kier molecular flexibility index (Phi) is 7.76. The molecule has 3 rings (SSSR count). The van der Waals surface area contributed by atoms with Gasteiger partial charge < -0.3 is 5.11 Å². The van der Waals surface area contributed by atoms with Crippen molar-refractivity contribution in [3.8, 4) is 5.75 Å². The molecule has 1 aromatic heterocycles. The number of nitro benzene ring substituents is 4. The van der Waals surface area contributed by atoms with Crippen molar-refractivity contribution in [2.45, 2.75) is 0 Å². The minimum atomic E-state index is -1.21. The number of phenolic OH excluding ortho intramolecular Hbond substituents is 1. The summed E-state index contributed by atoms with van der Waals surface area (Å²) in [4.78, 5) is 42.3. The van der Waals surface area contributed by atoms with Crippen LogP contribution in [-0.4, -0.2) is 29.8 Å². The van der Waals surface area contributed by atoms with Crippen LogP contribution in [0.5, 0.6) is 5.75 Å². The summed E-state index contributed by atoms with van der Waals surface area (Å²) in [6, 6.07) is 13.0. The summed E-state index contributed by atoms with van der Waals surface area (Å²) >= 11 is 0. The molecule has 0 spiro atoms. The quantitative estimate of drug-likeness (QED) is 0.412. The third-order valence-electron chi connectivity index (χ3n) is 3.91. The van der Waals surface area contributed by atoms with Crippen LogP contribution in [0.3, 0.4) is 0 Å². The first-order valence-electron chi connectivity index (χ1n) is 8.74. The monoisotopic (exact) mass is 455 g/mol. The molecular weight excluding hydrogens is 442 g/mol. The Morgan fingerprint density at radius 1 is 0.697 bits per heavy atom. The van der Waals surface area contributed by atoms with Crippen molar-refractivity contribution >= 4 is 34.9 Å². The van der Waals surface area contributed by atoms with E-state index >= 15 is 0 Å². The van der Waals surface area contributed by atoms with Crippen LogP contribution < -0.4 is 0 Å². The van der Waals surface area contributed by atoms with Crippen LogP contribution >= 0.6 is 0 Å². The number of nitro groups is 4. The summed E-state index contributed by atoms with van der Waals surface area (Å²) in [5.41, 5.74) is -1.56. The van der Waals surface area contributed by atoms with Gasteiger partial charge in [0.25, 0.3) is 17.1 Å². The number of benzene rings is 2. The van der Waals surface area contributed by atoms with Gasteiger partial charge in [-0.1, -0.05) is 18.2 Å². The summed E-state index contributed by atoms with van der Waals surface area (Å²) in [6.45, 7) is 0. The first-order chi connectivity index (χ1) is 15.6. The first-order valence-corrected chi connectivity index (χ1v) is 8.74. The lowest BCUT2D eigenvalue weighted by atomic mass is 10.1. The third-order valence-corrected chi connectivity index (χ3v) is 3.91. The predicted molar refractivity (Wildman–Crippen MR) is 114 cm³/mol. The molecule has 0 atom stereocenters. The van der Waals surface area contributed by atoms with Gasteiger partial charge in [0.05, 0.1) is 43.1 Å². The number of hydrogen-bond donors (Lipinski definition) is 1. The topological polar surface area (TPSA) is 206 Å². The Hall–Kier alpha value is -5.27. The number of aromatic hydroxyl groups is 1. The molecule has 2 aromatic carbocycles. The molecule has 33 heavy (non-hydrogen) atoms. The second kappa shape index (κ2) is 10.7. The molecule has 14 heteroatoms. The van der Waals surface area contributed by atoms with E-state index in [1.165, 1.54) is 6.07 Å². The van der Waals surface area contributed by atoms with Crippen LogP contribution in [0.4, 0.5) is 22.7 Å². The minimum absolute atomic E-state index is 0.0969. The average molecular weight is 455 g/mol. The van der Waals surface area contributed by atoms with Crippen LogP contribution in [0.2, 0.25) is 0 Å². The van der Waals surface area contributed by atoms with Crippen molar-refractivity contribution in [2.75, 3.05) is 0 Å². The number of aromatic nitrogens is 1. The highest BCUT2D eigenvalue weighted by atomic mass is 16.6. The fourth-order valence-electron chi connectivity index (χ4n) is 2.42. The molecule has 0 saturated heterocycles. The molecule has 1 heterocycles. The van der Waals surface area contributed by atoms with Crippen molar-refractivity contribution in [3.05, 3.63) is 113 Å². The second-order valence-corrected chi connectivity index (χ2v) is 6.01. The van der Waals surface area contributed by atoms with Gasteiger partial charge >= 0.3 is 11.4 Å². The third kappa shape index (κ3) is 6.35. The standard InChI is InChI=1S/C13H10N2O2.C6H3N3O7/c16-15(17)13-7-2-1-5-11(13)8-9-12-6-3-4-10-14-12;10-6-4(8(13)14)1-3(7(11)12)2-5(6)9(15)16/h1-10H;1-2,10H. The Balaban J connectivity index is 0.000000234. The van der Waals surface area contributed by atoms with Gasteiger partial charge in [-0.3, -0.25) is 45.4 Å². The first kappa shape index (κ1) is 24.0. The van der Waals surface area contributed by atoms with Crippen LogP contribution in [0.25, 0.3) is 12.2 Å². The molecular formula is C19H13N5O9. The average Bonchev–Trinajstić information content (AvgIpc) is 2.78. The van der Waals surface area contributed by atoms with E-state index in [-0.39, 0.29) is 5.69 Å². The lowest BCUT2D eigenvalue weighted by Crippen LogP contribution is -1.97. The molecule has 14 nitrogen and oxygen atoms in total. The zero-order valence-corrected chi connectivity index (χ0v) is 16.4. The van der Waals surface area contributed by atoms with Gasteiger partial charge in [-0.15, -0.1) is 0 Å². The molecule has 0 aliphatic heterocycles. The van der Waals surface area contributed by atoms with Gasteiger partial charge in [0.2, 0.25) is 0 Å². The maximum atomic E-state index is 10.8. The molecule has 0 aliphatic rings. The molecule has 0 bridgehead atoms. The van der Waals surface area contributed by atoms with E-state index in [0.29, 0.717) is 17.7 Å². The van der Waals surface area contributed by atoms with Crippen molar-refractivity contribution < 1.29 is 24.8 Å². The SMILES string of the molecule is O=[N+]([O-])c1cc([N+](=O)[O-])c(O)c([N+](=O)[O-])c1.O=[N+]([O-])c1ccccc1C=Cc1ccccn1. The molecule has 0 fully saturated rings. The van der Waals surface area contributed by atoms with Gasteiger partial charge in [-0.05, 0) is 30.4 Å². The van der Waals surface area contributed by atoms with Gasteiger partial charge in [-0.25, -0.2) is 0 Å². The van der Waals surface area contributed by atoms with E-state index in [4.69, 9.17) is 5.11 Å². The molecule has 168 valence electrons. The summed E-state index contributed by atoms with van der Waals surface area (Å²) in [7, 11) is 0. The number of non-ortho nitro benzene ring substituents is 1. The highest BCUT2D eigenvalue weighted by Gasteiger charge is 2.30. The Bertz CT molecular complexity index is 1210. The predicted octanol–water partition coefficient (Wildman–Crippen LogP) is 4.28. The Labute approximate surface area is 183 Å². The number of rotatable bonds is 6. The van der Waals surface area contributed by atoms with Crippen molar-refractivity contribution in [1.29, 1.82) is 0 Å². The minimum Gasteiger partial charge on any atom is -0.497 e. The Morgan fingerprint density at radius 2 is 1.24 bits per heavy atom. The highest BCUT2D eigenvalue weighted by Crippen LogP contribution is 2.38. The second-order valence-electron chi connectivity index (χ2n) is 6.01. The molecule has 0 saturated carbocycles. The van der Waals surface area contributed by atoms with Gasteiger partial charge in [-0.2, -0.15) is 0 Å². The number of nitrogens with zero attached hydrogens (tertiary/aromatic N) is 5. The highest BCUT2D eigenvalue weighted by molar-refractivity contribution is 5.72. The zero-order chi connectivity index (χ0) is 24.5. The molecule has 0 amide bonds. The summed E-state index contributed by atoms with van der Waals surface area (Å²) in [5.74, 6) is -1.21. The van der Waals surface area contributed by atoms with E-state index in [0.717, 1.165) is 5.69 Å². The lowest BCUT2D eigenvalue weighted by Gasteiger charge is -1.97. The fraction of sp³-hybridized carbons (Fsp3) is 0. The maximum absolute atomic E-state index is 10.8. The smallest absolute Gasteiger partial charge is 0.324 e. The summed E-state index contributed by atoms with van der Waals surface area (Å²) in [6.07, 6.45) is 5.13. The van der Waals surface area contributed by atoms with Gasteiger partial charge in [0.15, 0.2) is 0 Å². The fourth-order valence-corrected chi connectivity index (χ4v) is 2.42. The van der Waals surface area contributed by atoms with E-state index < -0.39 is 42.5 Å². The van der Waals surface area contributed by atoms with E-state index in [1.54, 1.807) is 36.5 Å². The van der Waals surface area contributed by atoms with Crippen LogP contribution in [-0.2, 0) is 0 Å². The Morgan fingerprint density at radius 3 is 1.73 bits per heavy atom. The van der Waals surface area contributed by atoms with Gasteiger partial charge in [0.1, 0.15) is 0 Å². The summed E-state index contributed by atoms with van der Waals surface area (Å²) < 4.78 is 0.